The molecule has 0 aromatic heterocycles. The summed E-state index contributed by atoms with van der Waals surface area (Å²) in [6.07, 6.45) is 1.21. The van der Waals surface area contributed by atoms with E-state index in [4.69, 9.17) is 11.6 Å². The summed E-state index contributed by atoms with van der Waals surface area (Å²) >= 11 is 5.89. The van der Waals surface area contributed by atoms with Gasteiger partial charge in [0.1, 0.15) is 0 Å². The Bertz CT molecular complexity index is 739. The fraction of sp³-hybridized carbons (Fsp3) is 0.250. The standard InChI is InChI=1S/C16H18ClNO2S/c1-11-4-9-15(21(3,19)20)10-16(11)18-12(2)13-5-7-14(17)8-6-13/h4-10,12,18H,1-3H3. The fourth-order valence-corrected chi connectivity index (χ4v) is 2.83. The number of benzene rings is 2. The monoisotopic (exact) mass is 323 g/mol. The lowest BCUT2D eigenvalue weighted by Gasteiger charge is -2.18. The molecule has 1 atom stereocenters. The molecule has 0 saturated carbocycles. The molecule has 21 heavy (non-hydrogen) atoms. The molecule has 0 aliphatic rings. The van der Waals surface area contributed by atoms with Crippen LogP contribution in [0.3, 0.4) is 0 Å². The van der Waals surface area contributed by atoms with Crippen LogP contribution in [-0.4, -0.2) is 14.7 Å². The van der Waals surface area contributed by atoms with Crippen LogP contribution in [0, 0.1) is 6.92 Å². The van der Waals surface area contributed by atoms with Crippen molar-refractivity contribution in [3.8, 4) is 0 Å². The van der Waals surface area contributed by atoms with Gasteiger partial charge in [0.15, 0.2) is 9.84 Å². The first-order valence-electron chi connectivity index (χ1n) is 6.60. The topological polar surface area (TPSA) is 46.2 Å². The molecule has 5 heteroatoms. The van der Waals surface area contributed by atoms with Gasteiger partial charge < -0.3 is 5.32 Å². The molecular formula is C16H18ClNO2S. The van der Waals surface area contributed by atoms with E-state index >= 15 is 0 Å². The highest BCUT2D eigenvalue weighted by atomic mass is 35.5. The summed E-state index contributed by atoms with van der Waals surface area (Å²) in [5.41, 5.74) is 2.91. The van der Waals surface area contributed by atoms with Crippen LogP contribution in [0.2, 0.25) is 5.02 Å². The molecule has 0 spiro atoms. The Morgan fingerprint density at radius 1 is 1.10 bits per heavy atom. The average Bonchev–Trinajstić information content (AvgIpc) is 2.40. The maximum absolute atomic E-state index is 11.6. The van der Waals surface area contributed by atoms with Crippen LogP contribution < -0.4 is 5.32 Å². The zero-order chi connectivity index (χ0) is 15.6. The number of aryl methyl sites for hydroxylation is 1. The number of hydrogen-bond donors (Lipinski definition) is 1. The molecule has 0 saturated heterocycles. The Kier molecular flexibility index (Phi) is 4.59. The van der Waals surface area contributed by atoms with Crippen molar-refractivity contribution in [2.75, 3.05) is 11.6 Å². The zero-order valence-electron chi connectivity index (χ0n) is 12.2. The second-order valence-electron chi connectivity index (χ2n) is 5.17. The lowest BCUT2D eigenvalue weighted by molar-refractivity contribution is 0.602. The third-order valence-corrected chi connectivity index (χ3v) is 4.74. The van der Waals surface area contributed by atoms with Gasteiger partial charge in [-0.25, -0.2) is 8.42 Å². The van der Waals surface area contributed by atoms with Crippen molar-refractivity contribution in [3.63, 3.8) is 0 Å². The molecule has 0 amide bonds. The molecule has 0 bridgehead atoms. The number of halogens is 1. The molecule has 2 aromatic rings. The quantitative estimate of drug-likeness (QED) is 0.916. The Hall–Kier alpha value is -1.52. The Balaban J connectivity index is 2.28. The van der Waals surface area contributed by atoms with E-state index in [0.29, 0.717) is 9.92 Å². The normalized spacial score (nSPS) is 13.0. The molecule has 0 aliphatic heterocycles. The van der Waals surface area contributed by atoms with Gasteiger partial charge in [-0.2, -0.15) is 0 Å². The van der Waals surface area contributed by atoms with Crippen LogP contribution in [0.15, 0.2) is 47.4 Å². The highest BCUT2D eigenvalue weighted by molar-refractivity contribution is 7.90. The number of hydrogen-bond acceptors (Lipinski definition) is 3. The Morgan fingerprint density at radius 3 is 2.29 bits per heavy atom. The maximum atomic E-state index is 11.6. The average molecular weight is 324 g/mol. The third kappa shape index (κ3) is 3.99. The summed E-state index contributed by atoms with van der Waals surface area (Å²) in [7, 11) is -3.21. The Labute approximate surface area is 130 Å². The highest BCUT2D eigenvalue weighted by Crippen LogP contribution is 2.25. The first kappa shape index (κ1) is 15.9. The van der Waals surface area contributed by atoms with Gasteiger partial charge in [-0.1, -0.05) is 29.8 Å². The van der Waals surface area contributed by atoms with Gasteiger partial charge in [-0.05, 0) is 49.2 Å². The highest BCUT2D eigenvalue weighted by Gasteiger charge is 2.12. The third-order valence-electron chi connectivity index (χ3n) is 3.38. The molecule has 0 fully saturated rings. The lowest BCUT2D eigenvalue weighted by Crippen LogP contribution is -2.08. The van der Waals surface area contributed by atoms with Crippen LogP contribution in [0.25, 0.3) is 0 Å². The summed E-state index contributed by atoms with van der Waals surface area (Å²) in [4.78, 5) is 0.318. The van der Waals surface area contributed by atoms with Gasteiger partial charge in [-0.3, -0.25) is 0 Å². The summed E-state index contributed by atoms with van der Waals surface area (Å²) in [5.74, 6) is 0. The molecule has 1 unspecified atom stereocenters. The van der Waals surface area contributed by atoms with Crippen LogP contribution >= 0.6 is 11.6 Å². The van der Waals surface area contributed by atoms with E-state index < -0.39 is 9.84 Å². The van der Waals surface area contributed by atoms with Gasteiger partial charge >= 0.3 is 0 Å². The van der Waals surface area contributed by atoms with Crippen LogP contribution in [0.1, 0.15) is 24.1 Å². The molecule has 2 aromatic carbocycles. The van der Waals surface area contributed by atoms with E-state index in [1.807, 2.05) is 44.2 Å². The Morgan fingerprint density at radius 2 is 1.71 bits per heavy atom. The van der Waals surface area contributed by atoms with Crippen LogP contribution in [-0.2, 0) is 9.84 Å². The molecule has 2 rings (SSSR count). The molecule has 0 radical (unpaired) electrons. The fourth-order valence-electron chi connectivity index (χ4n) is 2.06. The predicted molar refractivity (Wildman–Crippen MR) is 87.8 cm³/mol. The minimum atomic E-state index is -3.21. The van der Waals surface area contributed by atoms with Gasteiger partial charge in [0.25, 0.3) is 0 Å². The van der Waals surface area contributed by atoms with E-state index in [0.717, 1.165) is 16.8 Å². The van der Waals surface area contributed by atoms with Gasteiger partial charge in [0, 0.05) is 23.0 Å². The molecule has 3 nitrogen and oxygen atoms in total. The molecule has 0 aliphatic carbocycles. The predicted octanol–water partition coefficient (Wildman–Crippen LogP) is 4.23. The van der Waals surface area contributed by atoms with Crippen molar-refractivity contribution in [3.05, 3.63) is 58.6 Å². The first-order chi connectivity index (χ1) is 9.77. The van der Waals surface area contributed by atoms with Gasteiger partial charge in [0.05, 0.1) is 4.90 Å². The van der Waals surface area contributed by atoms with Crippen molar-refractivity contribution in [2.24, 2.45) is 0 Å². The van der Waals surface area contributed by atoms with Crippen LogP contribution in [0.4, 0.5) is 5.69 Å². The van der Waals surface area contributed by atoms with Crippen LogP contribution in [0.5, 0.6) is 0 Å². The smallest absolute Gasteiger partial charge is 0.175 e. The maximum Gasteiger partial charge on any atom is 0.175 e. The molecule has 0 heterocycles. The summed E-state index contributed by atoms with van der Waals surface area (Å²) < 4.78 is 23.3. The number of nitrogens with one attached hydrogen (secondary N) is 1. The van der Waals surface area contributed by atoms with Crippen molar-refractivity contribution >= 4 is 27.1 Å². The van der Waals surface area contributed by atoms with Gasteiger partial charge in [0.2, 0.25) is 0 Å². The van der Waals surface area contributed by atoms with Crippen molar-refractivity contribution in [2.45, 2.75) is 24.8 Å². The van der Waals surface area contributed by atoms with E-state index in [2.05, 4.69) is 5.32 Å². The lowest BCUT2D eigenvalue weighted by atomic mass is 10.1. The summed E-state index contributed by atoms with van der Waals surface area (Å²) in [6, 6.07) is 12.8. The zero-order valence-corrected chi connectivity index (χ0v) is 13.8. The summed E-state index contributed by atoms with van der Waals surface area (Å²) in [6.45, 7) is 3.97. The molecule has 1 N–H and O–H groups in total. The SMILES string of the molecule is Cc1ccc(S(C)(=O)=O)cc1NC(C)c1ccc(Cl)cc1. The number of sulfone groups is 1. The van der Waals surface area contributed by atoms with E-state index in [9.17, 15) is 8.42 Å². The first-order valence-corrected chi connectivity index (χ1v) is 8.87. The second kappa shape index (κ2) is 6.08. The minimum absolute atomic E-state index is 0.0516. The largest absolute Gasteiger partial charge is 0.378 e. The van der Waals surface area contributed by atoms with E-state index in [-0.39, 0.29) is 6.04 Å². The summed E-state index contributed by atoms with van der Waals surface area (Å²) in [5, 5.41) is 4.05. The van der Waals surface area contributed by atoms with Gasteiger partial charge in [-0.15, -0.1) is 0 Å². The number of anilines is 1. The number of rotatable bonds is 4. The van der Waals surface area contributed by atoms with Crippen molar-refractivity contribution < 1.29 is 8.42 Å². The van der Waals surface area contributed by atoms with E-state index in [1.165, 1.54) is 6.26 Å². The molecular weight excluding hydrogens is 306 g/mol. The second-order valence-corrected chi connectivity index (χ2v) is 7.62. The van der Waals surface area contributed by atoms with Crippen molar-refractivity contribution in [1.82, 2.24) is 0 Å². The molecule has 112 valence electrons. The van der Waals surface area contributed by atoms with E-state index in [1.54, 1.807) is 12.1 Å². The minimum Gasteiger partial charge on any atom is -0.378 e. The van der Waals surface area contributed by atoms with Crippen molar-refractivity contribution in [1.29, 1.82) is 0 Å².